The van der Waals surface area contributed by atoms with E-state index in [2.05, 4.69) is 10.6 Å². The van der Waals surface area contributed by atoms with Crippen LogP contribution < -0.4 is 16.4 Å². The normalized spacial score (nSPS) is 23.8. The van der Waals surface area contributed by atoms with Gasteiger partial charge in [0.1, 0.15) is 0 Å². The van der Waals surface area contributed by atoms with E-state index in [1.807, 2.05) is 6.92 Å². The van der Waals surface area contributed by atoms with Gasteiger partial charge in [-0.15, -0.1) is 0 Å². The molecule has 0 aromatic carbocycles. The van der Waals surface area contributed by atoms with Gasteiger partial charge in [0.25, 0.3) is 0 Å². The smallest absolute Gasteiger partial charge is 0.225 e. The summed E-state index contributed by atoms with van der Waals surface area (Å²) >= 11 is 0. The van der Waals surface area contributed by atoms with Crippen LogP contribution in [0.5, 0.6) is 0 Å². The van der Waals surface area contributed by atoms with E-state index < -0.39 is 0 Å². The molecule has 0 spiro atoms. The molecular formula is C8H15N3O2. The largest absolute Gasteiger partial charge is 0.355 e. The van der Waals surface area contributed by atoms with Gasteiger partial charge in [-0.1, -0.05) is 0 Å². The van der Waals surface area contributed by atoms with E-state index in [4.69, 9.17) is 5.73 Å². The fraction of sp³-hybridized carbons (Fsp3) is 0.750. The Bertz CT molecular complexity index is 217. The maximum atomic E-state index is 11.4. The van der Waals surface area contributed by atoms with E-state index in [0.29, 0.717) is 19.5 Å². The van der Waals surface area contributed by atoms with Crippen LogP contribution in [0.25, 0.3) is 0 Å². The summed E-state index contributed by atoms with van der Waals surface area (Å²) in [6, 6.07) is -0.0248. The summed E-state index contributed by atoms with van der Waals surface area (Å²) < 4.78 is 0. The predicted molar refractivity (Wildman–Crippen MR) is 47.8 cm³/mol. The molecule has 0 aliphatic carbocycles. The van der Waals surface area contributed by atoms with Gasteiger partial charge in [-0.3, -0.25) is 9.59 Å². The van der Waals surface area contributed by atoms with Crippen molar-refractivity contribution in [2.24, 2.45) is 11.7 Å². The average Bonchev–Trinajstić information content (AvgIpc) is 2.51. The molecule has 5 heteroatoms. The lowest BCUT2D eigenvalue weighted by molar-refractivity contribution is -0.126. The molecule has 1 rings (SSSR count). The molecule has 2 amide bonds. The van der Waals surface area contributed by atoms with E-state index in [1.165, 1.54) is 0 Å². The first-order valence-corrected chi connectivity index (χ1v) is 4.40. The van der Waals surface area contributed by atoms with Crippen molar-refractivity contribution in [1.82, 2.24) is 10.6 Å². The number of rotatable bonds is 3. The van der Waals surface area contributed by atoms with Crippen molar-refractivity contribution in [2.45, 2.75) is 19.4 Å². The quantitative estimate of drug-likeness (QED) is 0.505. The molecule has 1 aliphatic heterocycles. The number of nitrogens with two attached hydrogens (primary N) is 1. The molecule has 0 aromatic rings. The summed E-state index contributed by atoms with van der Waals surface area (Å²) in [5, 5.41) is 5.35. The van der Waals surface area contributed by atoms with Crippen LogP contribution in [-0.4, -0.2) is 30.9 Å². The first-order valence-electron chi connectivity index (χ1n) is 4.40. The summed E-state index contributed by atoms with van der Waals surface area (Å²) in [6.07, 6.45) is 0.295. The van der Waals surface area contributed by atoms with Crippen LogP contribution in [0.1, 0.15) is 13.3 Å². The van der Waals surface area contributed by atoms with Crippen LogP contribution >= 0.6 is 0 Å². The van der Waals surface area contributed by atoms with Crippen LogP contribution in [0.3, 0.4) is 0 Å². The summed E-state index contributed by atoms with van der Waals surface area (Å²) in [6.45, 7) is 2.70. The highest BCUT2D eigenvalue weighted by Gasteiger charge is 2.28. The summed E-state index contributed by atoms with van der Waals surface area (Å²) in [4.78, 5) is 22.2. The van der Waals surface area contributed by atoms with Crippen molar-refractivity contribution in [3.63, 3.8) is 0 Å². The Labute approximate surface area is 77.1 Å². The van der Waals surface area contributed by atoms with Crippen LogP contribution in [-0.2, 0) is 9.59 Å². The lowest BCUT2D eigenvalue weighted by atomic mass is 10.1. The topological polar surface area (TPSA) is 84.2 Å². The second-order valence-corrected chi connectivity index (χ2v) is 3.35. The summed E-state index contributed by atoms with van der Waals surface area (Å²) in [5.41, 5.74) is 5.35. The van der Waals surface area contributed by atoms with Gasteiger partial charge in [0.05, 0.1) is 5.92 Å². The van der Waals surface area contributed by atoms with Crippen LogP contribution in [0.2, 0.25) is 0 Å². The van der Waals surface area contributed by atoms with E-state index in [1.54, 1.807) is 0 Å². The molecule has 1 saturated heterocycles. The summed E-state index contributed by atoms with van der Waals surface area (Å²) in [5.74, 6) is -0.363. The van der Waals surface area contributed by atoms with Crippen LogP contribution in [0, 0.1) is 5.92 Å². The molecule has 0 saturated carbocycles. The van der Waals surface area contributed by atoms with Crippen molar-refractivity contribution < 1.29 is 9.59 Å². The first kappa shape index (κ1) is 9.98. The zero-order valence-electron chi connectivity index (χ0n) is 7.67. The minimum Gasteiger partial charge on any atom is -0.355 e. The molecule has 13 heavy (non-hydrogen) atoms. The van der Waals surface area contributed by atoms with Crippen molar-refractivity contribution in [1.29, 1.82) is 0 Å². The molecule has 1 heterocycles. The maximum absolute atomic E-state index is 11.4. The maximum Gasteiger partial charge on any atom is 0.225 e. The number of hydrogen-bond acceptors (Lipinski definition) is 3. The Morgan fingerprint density at radius 1 is 1.85 bits per heavy atom. The predicted octanol–water partition coefficient (Wildman–Crippen LogP) is -1.41. The van der Waals surface area contributed by atoms with Gasteiger partial charge in [0.2, 0.25) is 11.8 Å². The van der Waals surface area contributed by atoms with Gasteiger partial charge < -0.3 is 16.4 Å². The van der Waals surface area contributed by atoms with Crippen LogP contribution in [0.4, 0.5) is 0 Å². The fourth-order valence-corrected chi connectivity index (χ4v) is 1.21. The highest BCUT2D eigenvalue weighted by atomic mass is 16.2. The summed E-state index contributed by atoms with van der Waals surface area (Å²) in [7, 11) is 0. The van der Waals surface area contributed by atoms with Gasteiger partial charge >= 0.3 is 0 Å². The number of nitrogens with one attached hydrogen (secondary N) is 2. The monoisotopic (exact) mass is 185 g/mol. The van der Waals surface area contributed by atoms with E-state index in [0.717, 1.165) is 0 Å². The SMILES string of the molecule is C[C@@H](CN)NC(=O)C1CNC(=O)C1. The molecule has 5 nitrogen and oxygen atoms in total. The van der Waals surface area contributed by atoms with Crippen molar-refractivity contribution in [3.8, 4) is 0 Å². The lowest BCUT2D eigenvalue weighted by Gasteiger charge is -2.13. The Morgan fingerprint density at radius 3 is 3.00 bits per heavy atom. The van der Waals surface area contributed by atoms with Gasteiger partial charge in [-0.25, -0.2) is 0 Å². The second kappa shape index (κ2) is 4.23. The Hall–Kier alpha value is -1.10. The van der Waals surface area contributed by atoms with Gasteiger partial charge in [0, 0.05) is 25.6 Å². The lowest BCUT2D eigenvalue weighted by Crippen LogP contribution is -2.41. The molecule has 0 radical (unpaired) electrons. The molecule has 0 bridgehead atoms. The molecule has 1 fully saturated rings. The zero-order valence-corrected chi connectivity index (χ0v) is 7.67. The third-order valence-corrected chi connectivity index (χ3v) is 2.09. The minimum absolute atomic E-state index is 0.0248. The molecule has 2 atom stereocenters. The van der Waals surface area contributed by atoms with E-state index in [9.17, 15) is 9.59 Å². The zero-order chi connectivity index (χ0) is 9.84. The molecule has 1 aliphatic rings. The molecule has 74 valence electrons. The minimum atomic E-state index is -0.221. The molecule has 0 aromatic heterocycles. The van der Waals surface area contributed by atoms with Crippen molar-refractivity contribution >= 4 is 11.8 Å². The van der Waals surface area contributed by atoms with Gasteiger partial charge in [-0.2, -0.15) is 0 Å². The molecular weight excluding hydrogens is 170 g/mol. The number of amides is 2. The Balaban J connectivity index is 2.35. The number of hydrogen-bond donors (Lipinski definition) is 3. The number of carbonyl (C=O) groups excluding carboxylic acids is 2. The Morgan fingerprint density at radius 2 is 2.54 bits per heavy atom. The number of carbonyl (C=O) groups is 2. The van der Waals surface area contributed by atoms with E-state index >= 15 is 0 Å². The molecule has 4 N–H and O–H groups in total. The standard InChI is InChI=1S/C8H15N3O2/c1-5(3-9)11-8(13)6-2-7(12)10-4-6/h5-6H,2-4,9H2,1H3,(H,10,12)(H,11,13)/t5-,6?/m0/s1. The van der Waals surface area contributed by atoms with Gasteiger partial charge in [0.15, 0.2) is 0 Å². The van der Waals surface area contributed by atoms with Crippen molar-refractivity contribution in [2.75, 3.05) is 13.1 Å². The van der Waals surface area contributed by atoms with E-state index in [-0.39, 0.29) is 23.8 Å². The molecule has 1 unspecified atom stereocenters. The highest BCUT2D eigenvalue weighted by molar-refractivity contribution is 5.89. The second-order valence-electron chi connectivity index (χ2n) is 3.35. The fourth-order valence-electron chi connectivity index (χ4n) is 1.21. The Kier molecular flexibility index (Phi) is 3.25. The van der Waals surface area contributed by atoms with Crippen molar-refractivity contribution in [3.05, 3.63) is 0 Å². The third-order valence-electron chi connectivity index (χ3n) is 2.09. The average molecular weight is 185 g/mol. The van der Waals surface area contributed by atoms with Gasteiger partial charge in [-0.05, 0) is 6.92 Å². The van der Waals surface area contributed by atoms with Crippen LogP contribution in [0.15, 0.2) is 0 Å². The highest BCUT2D eigenvalue weighted by Crippen LogP contribution is 2.08. The third kappa shape index (κ3) is 2.69. The first-order chi connectivity index (χ1) is 6.13.